The van der Waals surface area contributed by atoms with Gasteiger partial charge in [-0.1, -0.05) is 24.3 Å². The predicted molar refractivity (Wildman–Crippen MR) is 119 cm³/mol. The van der Waals surface area contributed by atoms with Crippen LogP contribution in [-0.2, 0) is 12.7 Å². The molecule has 0 unspecified atom stereocenters. The van der Waals surface area contributed by atoms with Crippen molar-refractivity contribution >= 4 is 22.5 Å². The van der Waals surface area contributed by atoms with E-state index in [1.807, 2.05) is 39.4 Å². The minimum atomic E-state index is -4.43. The smallest absolute Gasteiger partial charge is 0.369 e. The van der Waals surface area contributed by atoms with Crippen LogP contribution in [0, 0.1) is 11.3 Å². The highest BCUT2D eigenvalue weighted by Gasteiger charge is 2.30. The number of aromatic nitrogens is 4. The first-order valence-corrected chi connectivity index (χ1v) is 10.2. The van der Waals surface area contributed by atoms with Gasteiger partial charge in [0.1, 0.15) is 17.5 Å². The van der Waals surface area contributed by atoms with Crippen LogP contribution in [0.2, 0.25) is 0 Å². The molecule has 9 heteroatoms. The molecular weight excluding hydrogens is 429 g/mol. The summed E-state index contributed by atoms with van der Waals surface area (Å²) in [5, 5.41) is 13.4. The first-order chi connectivity index (χ1) is 16.0. The van der Waals surface area contributed by atoms with E-state index in [9.17, 15) is 18.4 Å². The molecule has 2 aromatic carbocycles. The zero-order valence-corrected chi connectivity index (χ0v) is 17.2. The zero-order chi connectivity index (χ0) is 23.0. The Balaban J connectivity index is 1.66. The number of halogens is 3. The van der Waals surface area contributed by atoms with Crippen LogP contribution in [-0.4, -0.2) is 25.5 Å². The van der Waals surface area contributed by atoms with Gasteiger partial charge in [-0.2, -0.15) is 18.4 Å². The molecule has 164 valence electrons. The summed E-state index contributed by atoms with van der Waals surface area (Å²) in [5.74, 6) is 0.688. The minimum Gasteiger partial charge on any atom is -0.369 e. The molecule has 0 fully saturated rings. The van der Waals surface area contributed by atoms with Gasteiger partial charge < -0.3 is 9.88 Å². The molecule has 0 amide bonds. The van der Waals surface area contributed by atoms with Crippen molar-refractivity contribution in [1.82, 2.24) is 18.9 Å². The van der Waals surface area contributed by atoms with Gasteiger partial charge in [-0.3, -0.25) is 4.40 Å². The van der Waals surface area contributed by atoms with Gasteiger partial charge in [-0.25, -0.2) is 9.97 Å². The Labute approximate surface area is 186 Å². The van der Waals surface area contributed by atoms with E-state index in [1.54, 1.807) is 18.6 Å². The van der Waals surface area contributed by atoms with Crippen LogP contribution in [0.4, 0.5) is 19.0 Å². The average Bonchev–Trinajstić information content (AvgIpc) is 3.46. The molecule has 0 saturated carbocycles. The lowest BCUT2D eigenvalue weighted by molar-refractivity contribution is -0.137. The molecule has 3 heterocycles. The van der Waals surface area contributed by atoms with E-state index in [2.05, 4.69) is 21.4 Å². The number of rotatable bonds is 5. The van der Waals surface area contributed by atoms with E-state index in [4.69, 9.17) is 0 Å². The van der Waals surface area contributed by atoms with E-state index in [0.717, 1.165) is 23.2 Å². The highest BCUT2D eigenvalue weighted by Crippen LogP contribution is 2.35. The Bertz CT molecular complexity index is 1480. The Hall–Kier alpha value is -4.32. The Kier molecular flexibility index (Phi) is 4.98. The van der Waals surface area contributed by atoms with Crippen LogP contribution in [0.3, 0.4) is 0 Å². The molecule has 33 heavy (non-hydrogen) atoms. The van der Waals surface area contributed by atoms with Crippen LogP contribution < -0.4 is 5.32 Å². The fourth-order valence-corrected chi connectivity index (χ4v) is 3.87. The molecule has 0 radical (unpaired) electrons. The molecule has 0 atom stereocenters. The number of fused-ring (bicyclic) bond motifs is 3. The first kappa shape index (κ1) is 20.6. The summed E-state index contributed by atoms with van der Waals surface area (Å²) < 4.78 is 42.9. The second-order valence-corrected chi connectivity index (χ2v) is 7.49. The predicted octanol–water partition coefficient (Wildman–Crippen LogP) is 5.35. The van der Waals surface area contributed by atoms with Gasteiger partial charge in [0.15, 0.2) is 5.65 Å². The van der Waals surface area contributed by atoms with Crippen LogP contribution in [0.1, 0.15) is 11.1 Å². The van der Waals surface area contributed by atoms with Gasteiger partial charge in [-0.05, 0) is 35.9 Å². The lowest BCUT2D eigenvalue weighted by Crippen LogP contribution is -2.12. The minimum absolute atomic E-state index is 0.297. The third kappa shape index (κ3) is 3.76. The van der Waals surface area contributed by atoms with Gasteiger partial charge in [0, 0.05) is 31.0 Å². The number of hydrogen-bond acceptors (Lipinski definition) is 4. The molecule has 0 saturated heterocycles. The number of benzene rings is 2. The number of nitrogens with zero attached hydrogens (tertiary/aromatic N) is 5. The van der Waals surface area contributed by atoms with E-state index < -0.39 is 11.7 Å². The van der Waals surface area contributed by atoms with Crippen molar-refractivity contribution in [2.24, 2.45) is 0 Å². The maximum atomic E-state index is 13.0. The highest BCUT2D eigenvalue weighted by molar-refractivity contribution is 5.89. The average molecular weight is 446 g/mol. The molecule has 0 aliphatic heterocycles. The summed E-state index contributed by atoms with van der Waals surface area (Å²) in [6.45, 7) is 1.22. The number of anilines is 1. The second kappa shape index (κ2) is 7.98. The number of nitrogens with one attached hydrogen (secondary N) is 1. The normalized spacial score (nSPS) is 11.7. The maximum absolute atomic E-state index is 13.0. The lowest BCUT2D eigenvalue weighted by atomic mass is 10.00. The molecule has 5 aromatic rings. The Morgan fingerprint density at radius 1 is 1.06 bits per heavy atom. The molecule has 0 aliphatic rings. The van der Waals surface area contributed by atoms with Crippen LogP contribution >= 0.6 is 0 Å². The molecule has 1 N–H and O–H groups in total. The summed E-state index contributed by atoms with van der Waals surface area (Å²) in [6.07, 6.45) is 0.847. The molecular formula is C24H17F3N6. The summed E-state index contributed by atoms with van der Waals surface area (Å²) in [6, 6.07) is 16.3. The van der Waals surface area contributed by atoms with E-state index in [1.165, 1.54) is 12.1 Å². The number of nitriles is 1. The molecule has 5 rings (SSSR count). The standard InChI is InChI=1S/C24H17F3N6/c25-24(26,27)17-7-5-16(6-8-17)18-13-22(30-10-12-32-11-9-29-15-32)33-21-4-2-1-3-20(21)31-23(33)19(18)14-28/h1-9,11,13,15,30H,10,12H2. The third-order valence-corrected chi connectivity index (χ3v) is 5.45. The van der Waals surface area contributed by atoms with Crippen LogP contribution in [0.5, 0.6) is 0 Å². The van der Waals surface area contributed by atoms with Crippen LogP contribution in [0.15, 0.2) is 73.3 Å². The van der Waals surface area contributed by atoms with Gasteiger partial charge in [0.25, 0.3) is 0 Å². The fraction of sp³-hybridized carbons (Fsp3) is 0.125. The van der Waals surface area contributed by atoms with Crippen molar-refractivity contribution in [2.75, 3.05) is 11.9 Å². The highest BCUT2D eigenvalue weighted by atomic mass is 19.4. The van der Waals surface area contributed by atoms with Crippen molar-refractivity contribution in [2.45, 2.75) is 12.7 Å². The topological polar surface area (TPSA) is 70.9 Å². The summed E-state index contributed by atoms with van der Waals surface area (Å²) >= 11 is 0. The first-order valence-electron chi connectivity index (χ1n) is 10.2. The summed E-state index contributed by atoms with van der Waals surface area (Å²) in [4.78, 5) is 8.69. The van der Waals surface area contributed by atoms with Gasteiger partial charge in [0.05, 0.1) is 22.9 Å². The molecule has 3 aromatic heterocycles. The zero-order valence-electron chi connectivity index (χ0n) is 17.2. The van der Waals surface area contributed by atoms with Crippen molar-refractivity contribution in [3.8, 4) is 17.2 Å². The number of pyridine rings is 1. The van der Waals surface area contributed by atoms with E-state index in [0.29, 0.717) is 41.2 Å². The van der Waals surface area contributed by atoms with Crippen molar-refractivity contribution in [3.05, 3.63) is 84.4 Å². The maximum Gasteiger partial charge on any atom is 0.416 e. The second-order valence-electron chi connectivity index (χ2n) is 7.49. The molecule has 6 nitrogen and oxygen atoms in total. The summed E-state index contributed by atoms with van der Waals surface area (Å²) in [5.41, 5.74) is 2.57. The van der Waals surface area contributed by atoms with E-state index in [-0.39, 0.29) is 0 Å². The lowest BCUT2D eigenvalue weighted by Gasteiger charge is -2.15. The van der Waals surface area contributed by atoms with Crippen molar-refractivity contribution < 1.29 is 13.2 Å². The van der Waals surface area contributed by atoms with Gasteiger partial charge in [-0.15, -0.1) is 0 Å². The molecule has 0 aliphatic carbocycles. The van der Waals surface area contributed by atoms with Crippen LogP contribution in [0.25, 0.3) is 27.8 Å². The summed E-state index contributed by atoms with van der Waals surface area (Å²) in [7, 11) is 0. The third-order valence-electron chi connectivity index (χ3n) is 5.45. The number of hydrogen-bond donors (Lipinski definition) is 1. The van der Waals surface area contributed by atoms with Gasteiger partial charge in [0.2, 0.25) is 0 Å². The number of imidazole rings is 2. The monoisotopic (exact) mass is 446 g/mol. The number of para-hydroxylation sites is 2. The van der Waals surface area contributed by atoms with Gasteiger partial charge >= 0.3 is 6.18 Å². The van der Waals surface area contributed by atoms with E-state index >= 15 is 0 Å². The number of alkyl halides is 3. The quantitative estimate of drug-likeness (QED) is 0.395. The largest absolute Gasteiger partial charge is 0.416 e. The van der Waals surface area contributed by atoms with Crippen molar-refractivity contribution in [3.63, 3.8) is 0 Å². The van der Waals surface area contributed by atoms with Crippen molar-refractivity contribution in [1.29, 1.82) is 5.26 Å². The Morgan fingerprint density at radius 2 is 1.85 bits per heavy atom. The fourth-order valence-electron chi connectivity index (χ4n) is 3.87. The molecule has 0 bridgehead atoms. The SMILES string of the molecule is N#Cc1c(-c2ccc(C(F)(F)F)cc2)cc(NCCn2ccnc2)n2c1nc1ccccc12. The Morgan fingerprint density at radius 3 is 2.55 bits per heavy atom. The molecule has 0 spiro atoms.